The molecule has 0 N–H and O–H groups in total. The summed E-state index contributed by atoms with van der Waals surface area (Å²) in [4.78, 5) is 24.0. The second-order valence-electron chi connectivity index (χ2n) is 8.73. The van der Waals surface area contributed by atoms with E-state index in [9.17, 15) is 14.9 Å². The van der Waals surface area contributed by atoms with Crippen LogP contribution in [0.25, 0.3) is 21.9 Å². The van der Waals surface area contributed by atoms with Crippen LogP contribution in [-0.2, 0) is 11.3 Å². The summed E-state index contributed by atoms with van der Waals surface area (Å²) < 4.78 is 17.1. The molecule has 0 radical (unpaired) electrons. The number of hydrogen-bond donors (Lipinski definition) is 0. The topological polar surface area (TPSA) is 87.9 Å². The number of nitrogens with zero attached hydrogens (tertiary/aromatic N) is 1. The second-order valence-corrected chi connectivity index (χ2v) is 9.54. The van der Waals surface area contributed by atoms with Crippen LogP contribution in [-0.4, -0.2) is 18.0 Å². The van der Waals surface area contributed by atoms with E-state index in [4.69, 9.17) is 37.4 Å². The highest BCUT2D eigenvalue weighted by molar-refractivity contribution is 6.37. The van der Waals surface area contributed by atoms with Crippen molar-refractivity contribution in [2.24, 2.45) is 0 Å². The van der Waals surface area contributed by atoms with Gasteiger partial charge in [-0.2, -0.15) is 0 Å². The van der Waals surface area contributed by atoms with Gasteiger partial charge in [0.05, 0.1) is 17.1 Å². The van der Waals surface area contributed by atoms with E-state index in [2.05, 4.69) is 0 Å². The Morgan fingerprint density at radius 2 is 1.55 bits per heavy atom. The van der Waals surface area contributed by atoms with Crippen LogP contribution in [0.1, 0.15) is 15.9 Å². The Morgan fingerprint density at radius 3 is 2.27 bits per heavy atom. The zero-order chi connectivity index (χ0) is 28.2. The number of hydrogen-bond acceptors (Lipinski definition) is 6. The molecule has 0 saturated carbocycles. The molecule has 0 bridgehead atoms. The first-order valence-electron chi connectivity index (χ1n) is 12.1. The van der Waals surface area contributed by atoms with Gasteiger partial charge in [-0.15, -0.1) is 0 Å². The van der Waals surface area contributed by atoms with Gasteiger partial charge in [0.2, 0.25) is 0 Å². The number of ether oxygens (including phenoxy) is 3. The normalized spacial score (nSPS) is 10.8. The van der Waals surface area contributed by atoms with Gasteiger partial charge in [-0.1, -0.05) is 77.8 Å². The number of rotatable bonds is 8. The lowest BCUT2D eigenvalue weighted by atomic mass is 9.95. The van der Waals surface area contributed by atoms with Gasteiger partial charge in [0, 0.05) is 28.1 Å². The van der Waals surface area contributed by atoms with E-state index in [-0.39, 0.29) is 11.3 Å². The van der Waals surface area contributed by atoms with E-state index in [1.807, 2.05) is 42.5 Å². The minimum Gasteiger partial charge on any atom is -0.489 e. The Kier molecular flexibility index (Phi) is 7.86. The van der Waals surface area contributed by atoms with Gasteiger partial charge >= 0.3 is 5.97 Å². The maximum absolute atomic E-state index is 12.5. The molecule has 0 saturated heterocycles. The predicted octanol–water partition coefficient (Wildman–Crippen LogP) is 8.88. The van der Waals surface area contributed by atoms with Gasteiger partial charge in [-0.05, 0) is 46.8 Å². The first-order valence-corrected chi connectivity index (χ1v) is 12.8. The van der Waals surface area contributed by atoms with E-state index in [1.54, 1.807) is 42.5 Å². The van der Waals surface area contributed by atoms with Crippen LogP contribution in [0.2, 0.25) is 10.0 Å². The van der Waals surface area contributed by atoms with Gasteiger partial charge < -0.3 is 14.2 Å². The monoisotopic (exact) mass is 573 g/mol. The van der Waals surface area contributed by atoms with Crippen LogP contribution in [0.15, 0.2) is 97.1 Å². The molecule has 5 aromatic carbocycles. The van der Waals surface area contributed by atoms with Crippen molar-refractivity contribution in [1.29, 1.82) is 0 Å². The molecule has 0 heterocycles. The summed E-state index contributed by atoms with van der Waals surface area (Å²) >= 11 is 13.0. The van der Waals surface area contributed by atoms with Gasteiger partial charge in [-0.3, -0.25) is 10.1 Å². The third-order valence-corrected chi connectivity index (χ3v) is 6.82. The van der Waals surface area contributed by atoms with E-state index in [0.29, 0.717) is 44.7 Å². The maximum Gasteiger partial charge on any atom is 0.345 e. The van der Waals surface area contributed by atoms with Crippen molar-refractivity contribution in [3.05, 3.63) is 128 Å². The first-order chi connectivity index (χ1) is 19.4. The molecule has 0 aliphatic rings. The number of benzene rings is 5. The molecule has 0 aromatic heterocycles. The van der Waals surface area contributed by atoms with Crippen molar-refractivity contribution in [3.8, 4) is 28.4 Å². The highest BCUT2D eigenvalue weighted by atomic mass is 35.5. The second kappa shape index (κ2) is 11.7. The molecule has 5 rings (SSSR count). The average Bonchev–Trinajstić information content (AvgIpc) is 2.96. The Labute approximate surface area is 239 Å². The highest BCUT2D eigenvalue weighted by Gasteiger charge is 2.27. The third-order valence-electron chi connectivity index (χ3n) is 6.19. The number of carbonyl (C=O) groups excluding carboxylic acids is 1. The molecule has 40 heavy (non-hydrogen) atoms. The average molecular weight is 574 g/mol. The summed E-state index contributed by atoms with van der Waals surface area (Å²) in [5.41, 5.74) is 1.06. The number of fused-ring (bicyclic) bond motifs is 1. The van der Waals surface area contributed by atoms with Crippen LogP contribution >= 0.6 is 23.2 Å². The zero-order valence-electron chi connectivity index (χ0n) is 21.1. The molecular formula is C31H21Cl2NO6. The van der Waals surface area contributed by atoms with Crippen LogP contribution in [0.4, 0.5) is 5.69 Å². The Morgan fingerprint density at radius 1 is 0.825 bits per heavy atom. The molecule has 0 unspecified atom stereocenters. The lowest BCUT2D eigenvalue weighted by Crippen LogP contribution is -2.07. The van der Waals surface area contributed by atoms with Crippen molar-refractivity contribution in [2.45, 2.75) is 6.61 Å². The van der Waals surface area contributed by atoms with Crippen molar-refractivity contribution in [2.75, 3.05) is 7.11 Å². The summed E-state index contributed by atoms with van der Waals surface area (Å²) in [5, 5.41) is 14.2. The molecule has 0 atom stereocenters. The Bertz CT molecular complexity index is 1740. The summed E-state index contributed by atoms with van der Waals surface area (Å²) in [6.07, 6.45) is 0. The third kappa shape index (κ3) is 5.57. The van der Waals surface area contributed by atoms with E-state index < -0.39 is 16.6 Å². The molecule has 7 nitrogen and oxygen atoms in total. The van der Waals surface area contributed by atoms with Crippen LogP contribution in [0.3, 0.4) is 0 Å². The largest absolute Gasteiger partial charge is 0.489 e. The lowest BCUT2D eigenvalue weighted by Gasteiger charge is -2.17. The van der Waals surface area contributed by atoms with Gasteiger partial charge in [-0.25, -0.2) is 4.79 Å². The van der Waals surface area contributed by atoms with Crippen molar-refractivity contribution in [3.63, 3.8) is 0 Å². The number of carbonyl (C=O) groups is 1. The van der Waals surface area contributed by atoms with E-state index in [0.717, 1.165) is 18.1 Å². The number of nitro benzene ring substituents is 1. The number of para-hydroxylation sites is 1. The molecule has 0 aliphatic carbocycles. The minimum atomic E-state index is -0.884. The van der Waals surface area contributed by atoms with Gasteiger partial charge in [0.25, 0.3) is 5.69 Å². The molecule has 0 amide bonds. The summed E-state index contributed by atoms with van der Waals surface area (Å²) in [7, 11) is 1.15. The molecular weight excluding hydrogens is 553 g/mol. The van der Waals surface area contributed by atoms with Crippen LogP contribution in [0.5, 0.6) is 17.2 Å². The Balaban J connectivity index is 1.75. The van der Waals surface area contributed by atoms with Crippen LogP contribution < -0.4 is 9.47 Å². The highest BCUT2D eigenvalue weighted by Crippen LogP contribution is 2.45. The van der Waals surface area contributed by atoms with Gasteiger partial charge in [0.1, 0.15) is 29.4 Å². The summed E-state index contributed by atoms with van der Waals surface area (Å²) in [6, 6.07) is 28.0. The fraction of sp³-hybridized carbons (Fsp3) is 0.0645. The number of methoxy groups -OCH3 is 1. The quantitative estimate of drug-likeness (QED) is 0.105. The predicted molar refractivity (Wildman–Crippen MR) is 155 cm³/mol. The molecule has 9 heteroatoms. The standard InChI is InChI=1S/C31H21Cl2NO6/c1-38-31(35)24-17-29(40-28-13-6-5-11-25(28)32)22(16-27(24)34(36)37)23-15-21(39-18-19-8-3-2-4-9-19)14-20-10-7-12-26(33)30(20)23/h2-17H,18H2,1H3. The fourth-order valence-electron chi connectivity index (χ4n) is 4.33. The Hall–Kier alpha value is -4.59. The maximum atomic E-state index is 12.5. The van der Waals surface area contributed by atoms with Crippen molar-refractivity contribution < 1.29 is 23.9 Å². The summed E-state index contributed by atoms with van der Waals surface area (Å²) in [6.45, 7) is 0.302. The molecule has 0 fully saturated rings. The van der Waals surface area contributed by atoms with Crippen molar-refractivity contribution in [1.82, 2.24) is 0 Å². The van der Waals surface area contributed by atoms with Crippen LogP contribution in [0, 0.1) is 10.1 Å². The summed E-state index contributed by atoms with van der Waals surface area (Å²) in [5.74, 6) is 0.0598. The van der Waals surface area contributed by atoms with E-state index in [1.165, 1.54) is 12.1 Å². The minimum absolute atomic E-state index is 0.139. The first kappa shape index (κ1) is 27.0. The molecule has 0 aliphatic heterocycles. The zero-order valence-corrected chi connectivity index (χ0v) is 22.6. The fourth-order valence-corrected chi connectivity index (χ4v) is 4.78. The molecule has 5 aromatic rings. The lowest BCUT2D eigenvalue weighted by molar-refractivity contribution is -0.385. The molecule has 0 spiro atoms. The van der Waals surface area contributed by atoms with Crippen molar-refractivity contribution >= 4 is 45.6 Å². The van der Waals surface area contributed by atoms with Gasteiger partial charge in [0.15, 0.2) is 0 Å². The number of nitro groups is 1. The smallest absolute Gasteiger partial charge is 0.345 e. The molecule has 200 valence electrons. The number of esters is 1. The SMILES string of the molecule is COC(=O)c1cc(Oc2ccccc2Cl)c(-c2cc(OCc3ccccc3)cc3cccc(Cl)c23)cc1[N+](=O)[O-]. The number of halogens is 2. The van der Waals surface area contributed by atoms with E-state index >= 15 is 0 Å².